The zero-order valence-electron chi connectivity index (χ0n) is 16.1. The molecule has 1 aromatic rings. The molecule has 1 unspecified atom stereocenters. The second-order valence-electron chi connectivity index (χ2n) is 7.15. The Balaban J connectivity index is 1.87. The Labute approximate surface area is 160 Å². The molecule has 0 bridgehead atoms. The van der Waals surface area contributed by atoms with E-state index in [2.05, 4.69) is 10.6 Å². The van der Waals surface area contributed by atoms with Crippen LogP contribution in [-0.4, -0.2) is 60.1 Å². The molecule has 1 aromatic carbocycles. The van der Waals surface area contributed by atoms with E-state index in [4.69, 9.17) is 4.74 Å². The standard InChI is InChI=1S/C18H28BN3O5/c1-12(2)9-16(19(25)26)21-17(23)10-20-18(24)22-8-7-13-5-4-6-15(27-3)14(13)11-22/h4-6,12,16,25-26H,7-11H2,1-3H3,(H,20,24)(H,21,23). The van der Waals surface area contributed by atoms with E-state index in [1.54, 1.807) is 12.0 Å². The van der Waals surface area contributed by atoms with Crippen molar-refractivity contribution in [3.05, 3.63) is 29.3 Å². The number of methoxy groups -OCH3 is 1. The maximum absolute atomic E-state index is 12.4. The smallest absolute Gasteiger partial charge is 0.475 e. The number of benzene rings is 1. The van der Waals surface area contributed by atoms with Crippen molar-refractivity contribution in [2.24, 2.45) is 5.92 Å². The number of amides is 3. The van der Waals surface area contributed by atoms with Crippen LogP contribution < -0.4 is 15.4 Å². The average molecular weight is 377 g/mol. The number of nitrogens with one attached hydrogen (secondary N) is 2. The number of rotatable bonds is 7. The van der Waals surface area contributed by atoms with Crippen LogP contribution in [0.1, 0.15) is 31.4 Å². The highest BCUT2D eigenvalue weighted by Gasteiger charge is 2.27. The molecule has 3 amide bonds. The second-order valence-corrected chi connectivity index (χ2v) is 7.15. The fraction of sp³-hybridized carbons (Fsp3) is 0.556. The van der Waals surface area contributed by atoms with Crippen molar-refractivity contribution in [2.75, 3.05) is 20.2 Å². The second kappa shape index (κ2) is 9.61. The molecule has 0 fully saturated rings. The van der Waals surface area contributed by atoms with Crippen LogP contribution in [0, 0.1) is 5.92 Å². The summed E-state index contributed by atoms with van der Waals surface area (Å²) in [5, 5.41) is 23.9. The first kappa shape index (κ1) is 21.0. The van der Waals surface area contributed by atoms with E-state index < -0.39 is 19.0 Å². The minimum Gasteiger partial charge on any atom is -0.496 e. The molecule has 0 aromatic heterocycles. The van der Waals surface area contributed by atoms with Crippen LogP contribution in [-0.2, 0) is 17.8 Å². The van der Waals surface area contributed by atoms with Crippen LogP contribution >= 0.6 is 0 Å². The molecule has 1 heterocycles. The summed E-state index contributed by atoms with van der Waals surface area (Å²) in [5.41, 5.74) is 2.14. The largest absolute Gasteiger partial charge is 0.496 e. The van der Waals surface area contributed by atoms with E-state index in [9.17, 15) is 19.6 Å². The van der Waals surface area contributed by atoms with Crippen LogP contribution in [0.3, 0.4) is 0 Å². The lowest BCUT2D eigenvalue weighted by Crippen LogP contribution is -2.51. The van der Waals surface area contributed by atoms with Gasteiger partial charge in [0.25, 0.3) is 0 Å². The zero-order chi connectivity index (χ0) is 20.0. The van der Waals surface area contributed by atoms with E-state index in [1.165, 1.54) is 0 Å². The number of ether oxygens (including phenoxy) is 1. The predicted molar refractivity (Wildman–Crippen MR) is 102 cm³/mol. The van der Waals surface area contributed by atoms with Crippen molar-refractivity contribution < 1.29 is 24.4 Å². The highest BCUT2D eigenvalue weighted by molar-refractivity contribution is 6.43. The highest BCUT2D eigenvalue weighted by Crippen LogP contribution is 2.27. The highest BCUT2D eigenvalue weighted by atomic mass is 16.5. The van der Waals surface area contributed by atoms with Gasteiger partial charge in [-0.3, -0.25) is 4.79 Å². The summed E-state index contributed by atoms with van der Waals surface area (Å²) < 4.78 is 5.37. The molecule has 9 heteroatoms. The van der Waals surface area contributed by atoms with E-state index in [0.29, 0.717) is 19.5 Å². The molecule has 0 aliphatic carbocycles. The van der Waals surface area contributed by atoms with Crippen molar-refractivity contribution in [3.8, 4) is 5.75 Å². The monoisotopic (exact) mass is 377 g/mol. The van der Waals surface area contributed by atoms with E-state index in [-0.39, 0.29) is 18.5 Å². The lowest BCUT2D eigenvalue weighted by atomic mass is 9.75. The molecule has 0 saturated carbocycles. The van der Waals surface area contributed by atoms with Crippen LogP contribution in [0.5, 0.6) is 5.75 Å². The number of urea groups is 1. The third-order valence-electron chi connectivity index (χ3n) is 4.57. The molecule has 27 heavy (non-hydrogen) atoms. The van der Waals surface area contributed by atoms with E-state index in [1.807, 2.05) is 32.0 Å². The van der Waals surface area contributed by atoms with Crippen molar-refractivity contribution in [2.45, 2.75) is 39.2 Å². The van der Waals surface area contributed by atoms with Crippen LogP contribution in [0.4, 0.5) is 4.79 Å². The molecule has 0 saturated heterocycles. The topological polar surface area (TPSA) is 111 Å². The van der Waals surface area contributed by atoms with Crippen molar-refractivity contribution in [1.82, 2.24) is 15.5 Å². The van der Waals surface area contributed by atoms with Gasteiger partial charge >= 0.3 is 13.1 Å². The van der Waals surface area contributed by atoms with Gasteiger partial charge in [-0.2, -0.15) is 0 Å². The quantitative estimate of drug-likeness (QED) is 0.511. The van der Waals surface area contributed by atoms with Gasteiger partial charge in [0, 0.05) is 12.1 Å². The lowest BCUT2D eigenvalue weighted by Gasteiger charge is -2.30. The minimum absolute atomic E-state index is 0.190. The molecule has 8 nitrogen and oxygen atoms in total. The Hall–Kier alpha value is -2.26. The maximum Gasteiger partial charge on any atom is 0.475 e. The first-order chi connectivity index (χ1) is 12.8. The Bertz CT molecular complexity index is 654. The average Bonchev–Trinajstić information content (AvgIpc) is 2.64. The predicted octanol–water partition coefficient (Wildman–Crippen LogP) is 0.306. The Morgan fingerprint density at radius 2 is 2.07 bits per heavy atom. The SMILES string of the molecule is COc1cccc2c1CN(C(=O)NCC(=O)NC(CC(C)C)B(O)O)CC2. The summed E-state index contributed by atoms with van der Waals surface area (Å²) >= 11 is 0. The summed E-state index contributed by atoms with van der Waals surface area (Å²) in [6, 6.07) is 5.48. The van der Waals surface area contributed by atoms with Crippen molar-refractivity contribution in [1.29, 1.82) is 0 Å². The van der Waals surface area contributed by atoms with Gasteiger partial charge in [-0.25, -0.2) is 4.79 Å². The van der Waals surface area contributed by atoms with Crippen molar-refractivity contribution >= 4 is 19.1 Å². The first-order valence-electron chi connectivity index (χ1n) is 9.14. The molecule has 2 rings (SSSR count). The molecule has 1 aliphatic heterocycles. The summed E-state index contributed by atoms with van der Waals surface area (Å²) in [6.45, 7) is 4.59. The lowest BCUT2D eigenvalue weighted by molar-refractivity contribution is -0.120. The number of nitrogens with zero attached hydrogens (tertiary/aromatic N) is 1. The zero-order valence-corrected chi connectivity index (χ0v) is 16.1. The summed E-state index contributed by atoms with van der Waals surface area (Å²) in [6.07, 6.45) is 1.15. The minimum atomic E-state index is -1.64. The molecule has 0 radical (unpaired) electrons. The number of carbonyl (C=O) groups is 2. The first-order valence-corrected chi connectivity index (χ1v) is 9.14. The van der Waals surface area contributed by atoms with Gasteiger partial charge in [-0.1, -0.05) is 26.0 Å². The Morgan fingerprint density at radius 1 is 1.33 bits per heavy atom. The molecular formula is C18H28BN3O5. The fourth-order valence-corrected chi connectivity index (χ4v) is 3.20. The molecule has 1 aliphatic rings. The normalized spacial score (nSPS) is 14.4. The van der Waals surface area contributed by atoms with Gasteiger partial charge in [0.15, 0.2) is 0 Å². The number of hydrogen-bond donors (Lipinski definition) is 4. The van der Waals surface area contributed by atoms with Gasteiger partial charge in [0.1, 0.15) is 5.75 Å². The Kier molecular flexibility index (Phi) is 7.50. The van der Waals surface area contributed by atoms with Gasteiger partial charge in [-0.15, -0.1) is 0 Å². The van der Waals surface area contributed by atoms with Crippen LogP contribution in [0.2, 0.25) is 0 Å². The summed E-state index contributed by atoms with van der Waals surface area (Å²) in [4.78, 5) is 26.1. The van der Waals surface area contributed by atoms with Gasteiger partial charge in [0.05, 0.1) is 26.1 Å². The molecule has 4 N–H and O–H groups in total. The Morgan fingerprint density at radius 3 is 2.70 bits per heavy atom. The molecule has 0 spiro atoms. The van der Waals surface area contributed by atoms with Crippen LogP contribution in [0.15, 0.2) is 18.2 Å². The van der Waals surface area contributed by atoms with E-state index >= 15 is 0 Å². The third kappa shape index (κ3) is 5.87. The molecular weight excluding hydrogens is 349 g/mol. The molecule has 148 valence electrons. The van der Waals surface area contributed by atoms with Crippen LogP contribution in [0.25, 0.3) is 0 Å². The van der Waals surface area contributed by atoms with Crippen molar-refractivity contribution in [3.63, 3.8) is 0 Å². The van der Waals surface area contributed by atoms with E-state index in [0.717, 1.165) is 23.3 Å². The van der Waals surface area contributed by atoms with Gasteiger partial charge in [0.2, 0.25) is 5.91 Å². The summed E-state index contributed by atoms with van der Waals surface area (Å²) in [7, 11) is -0.0413. The maximum atomic E-state index is 12.4. The van der Waals surface area contributed by atoms with Gasteiger partial charge in [-0.05, 0) is 30.4 Å². The number of carbonyl (C=O) groups excluding carboxylic acids is 2. The number of hydrogen-bond acceptors (Lipinski definition) is 5. The number of fused-ring (bicyclic) bond motifs is 1. The van der Waals surface area contributed by atoms with Gasteiger partial charge < -0.3 is 30.3 Å². The summed E-state index contributed by atoms with van der Waals surface area (Å²) in [5.74, 6) is -0.288. The third-order valence-corrected chi connectivity index (χ3v) is 4.57. The fourth-order valence-electron chi connectivity index (χ4n) is 3.20. The molecule has 1 atom stereocenters.